The number of nitrogens with one attached hydrogen (secondary N) is 1. The van der Waals surface area contributed by atoms with E-state index < -0.39 is 0 Å². The molecule has 3 rings (SSSR count). The van der Waals surface area contributed by atoms with Crippen molar-refractivity contribution in [1.82, 2.24) is 4.98 Å². The maximum Gasteiger partial charge on any atom is 0.188 e. The molecule has 0 radical (unpaired) electrons. The Hall–Kier alpha value is -1.94. The van der Waals surface area contributed by atoms with Crippen molar-refractivity contribution in [2.45, 2.75) is 6.92 Å². The van der Waals surface area contributed by atoms with E-state index >= 15 is 0 Å². The highest BCUT2D eigenvalue weighted by atomic mass is 32.1. The van der Waals surface area contributed by atoms with Crippen LogP contribution in [0.15, 0.2) is 42.5 Å². The molecule has 0 bridgehead atoms. The van der Waals surface area contributed by atoms with E-state index in [0.29, 0.717) is 5.56 Å². The second kappa shape index (κ2) is 4.38. The fourth-order valence-electron chi connectivity index (χ4n) is 1.72. The second-order valence-corrected chi connectivity index (χ2v) is 5.11. The molecule has 90 valence electrons. The Bertz CT molecular complexity index is 673. The summed E-state index contributed by atoms with van der Waals surface area (Å²) in [7, 11) is 0. The van der Waals surface area contributed by atoms with Gasteiger partial charge in [-0.25, -0.2) is 9.37 Å². The van der Waals surface area contributed by atoms with E-state index in [1.165, 1.54) is 6.07 Å². The molecule has 0 atom stereocenters. The lowest BCUT2D eigenvalue weighted by molar-refractivity contribution is 0.619. The van der Waals surface area contributed by atoms with Gasteiger partial charge in [0.05, 0.1) is 10.2 Å². The zero-order valence-corrected chi connectivity index (χ0v) is 10.6. The molecule has 0 saturated heterocycles. The first-order valence-corrected chi connectivity index (χ1v) is 6.43. The monoisotopic (exact) mass is 258 g/mol. The minimum absolute atomic E-state index is 0.207. The molecule has 0 aliphatic rings. The van der Waals surface area contributed by atoms with Crippen LogP contribution in [0.25, 0.3) is 10.2 Å². The number of hydrogen-bond acceptors (Lipinski definition) is 3. The number of fused-ring (bicyclic) bond motifs is 1. The van der Waals surface area contributed by atoms with Gasteiger partial charge in [-0.15, -0.1) is 0 Å². The highest BCUT2D eigenvalue weighted by Crippen LogP contribution is 2.28. The number of rotatable bonds is 2. The number of halogens is 1. The van der Waals surface area contributed by atoms with E-state index in [9.17, 15) is 4.39 Å². The average molecular weight is 258 g/mol. The fraction of sp³-hybridized carbons (Fsp3) is 0.0714. The molecule has 2 aromatic carbocycles. The zero-order valence-electron chi connectivity index (χ0n) is 9.77. The number of para-hydroxylation sites is 1. The van der Waals surface area contributed by atoms with Crippen LogP contribution >= 0.6 is 11.3 Å². The van der Waals surface area contributed by atoms with Gasteiger partial charge >= 0.3 is 0 Å². The van der Waals surface area contributed by atoms with Gasteiger partial charge in [-0.1, -0.05) is 29.5 Å². The molecule has 4 heteroatoms. The van der Waals surface area contributed by atoms with Crippen LogP contribution < -0.4 is 5.32 Å². The molecule has 0 amide bonds. The molecule has 0 unspecified atom stereocenters. The normalized spacial score (nSPS) is 10.8. The summed E-state index contributed by atoms with van der Waals surface area (Å²) in [5, 5.41) is 3.91. The summed E-state index contributed by atoms with van der Waals surface area (Å²) in [6.45, 7) is 1.75. The maximum atomic E-state index is 13.4. The van der Waals surface area contributed by atoms with Crippen LogP contribution in [0.2, 0.25) is 0 Å². The topological polar surface area (TPSA) is 24.9 Å². The minimum atomic E-state index is -0.207. The van der Waals surface area contributed by atoms with Gasteiger partial charge in [0.2, 0.25) is 0 Å². The van der Waals surface area contributed by atoms with Crippen LogP contribution in [0.1, 0.15) is 5.56 Å². The van der Waals surface area contributed by atoms with E-state index in [2.05, 4.69) is 10.3 Å². The lowest BCUT2D eigenvalue weighted by atomic mass is 10.2. The van der Waals surface area contributed by atoms with Crippen molar-refractivity contribution in [2.75, 3.05) is 5.32 Å². The van der Waals surface area contributed by atoms with Gasteiger partial charge in [-0.2, -0.15) is 0 Å². The van der Waals surface area contributed by atoms with Crippen molar-refractivity contribution in [2.24, 2.45) is 0 Å². The molecule has 0 saturated carbocycles. The third kappa shape index (κ3) is 2.07. The van der Waals surface area contributed by atoms with Gasteiger partial charge < -0.3 is 5.32 Å². The Balaban J connectivity index is 1.93. The lowest BCUT2D eigenvalue weighted by Crippen LogP contribution is -1.91. The fourth-order valence-corrected chi connectivity index (χ4v) is 2.61. The smallest absolute Gasteiger partial charge is 0.188 e. The SMILES string of the molecule is Cc1ccc(Nc2nc3ccccc3s2)cc1F. The molecule has 18 heavy (non-hydrogen) atoms. The van der Waals surface area contributed by atoms with E-state index in [0.717, 1.165) is 21.0 Å². The summed E-state index contributed by atoms with van der Waals surface area (Å²) in [5.41, 5.74) is 2.32. The van der Waals surface area contributed by atoms with Gasteiger partial charge in [0.1, 0.15) is 5.82 Å². The van der Waals surface area contributed by atoms with Gasteiger partial charge in [0.15, 0.2) is 5.13 Å². The van der Waals surface area contributed by atoms with Gasteiger partial charge in [0.25, 0.3) is 0 Å². The second-order valence-electron chi connectivity index (χ2n) is 4.08. The Labute approximate surface area is 108 Å². The molecule has 0 spiro atoms. The number of benzene rings is 2. The predicted octanol–water partition coefficient (Wildman–Crippen LogP) is 4.49. The van der Waals surface area contributed by atoms with Crippen molar-refractivity contribution in [3.8, 4) is 0 Å². The van der Waals surface area contributed by atoms with Crippen LogP contribution in [-0.4, -0.2) is 4.98 Å². The number of hydrogen-bond donors (Lipinski definition) is 1. The van der Waals surface area contributed by atoms with Crippen molar-refractivity contribution >= 4 is 32.4 Å². The van der Waals surface area contributed by atoms with Gasteiger partial charge in [0, 0.05) is 5.69 Å². The number of thiazole rings is 1. The Morgan fingerprint density at radius 1 is 1.17 bits per heavy atom. The number of aromatic nitrogens is 1. The standard InChI is InChI=1S/C14H11FN2S/c1-9-6-7-10(8-11(9)15)16-14-17-12-4-2-3-5-13(12)18-14/h2-8H,1H3,(H,16,17). The number of nitrogens with zero attached hydrogens (tertiary/aromatic N) is 1. The molecular weight excluding hydrogens is 247 g/mol. The summed E-state index contributed by atoms with van der Waals surface area (Å²) in [4.78, 5) is 4.45. The molecule has 1 aromatic heterocycles. The minimum Gasteiger partial charge on any atom is -0.331 e. The number of anilines is 2. The first-order valence-electron chi connectivity index (χ1n) is 5.61. The quantitative estimate of drug-likeness (QED) is 0.732. The zero-order chi connectivity index (χ0) is 12.5. The Kier molecular flexibility index (Phi) is 2.72. The lowest BCUT2D eigenvalue weighted by Gasteiger charge is -2.03. The van der Waals surface area contributed by atoms with Crippen molar-refractivity contribution < 1.29 is 4.39 Å². The first kappa shape index (κ1) is 11.2. The highest BCUT2D eigenvalue weighted by molar-refractivity contribution is 7.22. The van der Waals surface area contributed by atoms with E-state index in [-0.39, 0.29) is 5.82 Å². The number of aryl methyl sites for hydroxylation is 1. The summed E-state index contributed by atoms with van der Waals surface area (Å²) >= 11 is 1.56. The summed E-state index contributed by atoms with van der Waals surface area (Å²) < 4.78 is 14.5. The summed E-state index contributed by atoms with van der Waals surface area (Å²) in [5.74, 6) is -0.207. The molecule has 0 aliphatic carbocycles. The van der Waals surface area contributed by atoms with E-state index in [4.69, 9.17) is 0 Å². The van der Waals surface area contributed by atoms with Crippen LogP contribution in [0.3, 0.4) is 0 Å². The third-order valence-electron chi connectivity index (χ3n) is 2.72. The highest BCUT2D eigenvalue weighted by Gasteiger charge is 2.04. The van der Waals surface area contributed by atoms with Gasteiger partial charge in [-0.3, -0.25) is 0 Å². The molecule has 0 fully saturated rings. The van der Waals surface area contributed by atoms with Crippen molar-refractivity contribution in [3.63, 3.8) is 0 Å². The molecule has 1 N–H and O–H groups in total. The van der Waals surface area contributed by atoms with Crippen LogP contribution in [0, 0.1) is 12.7 Å². The van der Waals surface area contributed by atoms with Crippen LogP contribution in [0.4, 0.5) is 15.2 Å². The molecule has 3 aromatic rings. The van der Waals surface area contributed by atoms with E-state index in [1.54, 1.807) is 24.3 Å². The first-order chi connectivity index (χ1) is 8.72. The van der Waals surface area contributed by atoms with Crippen molar-refractivity contribution in [3.05, 3.63) is 53.8 Å². The Morgan fingerprint density at radius 3 is 2.78 bits per heavy atom. The molecule has 0 aliphatic heterocycles. The molecule has 1 heterocycles. The average Bonchev–Trinajstić information content (AvgIpc) is 2.76. The summed E-state index contributed by atoms with van der Waals surface area (Å²) in [6, 6.07) is 13.0. The molecular formula is C14H11FN2S. The molecule has 2 nitrogen and oxygen atoms in total. The third-order valence-corrected chi connectivity index (χ3v) is 3.67. The van der Waals surface area contributed by atoms with Crippen molar-refractivity contribution in [1.29, 1.82) is 0 Å². The van der Waals surface area contributed by atoms with E-state index in [1.807, 2.05) is 30.3 Å². The largest absolute Gasteiger partial charge is 0.331 e. The Morgan fingerprint density at radius 2 is 2.00 bits per heavy atom. The van der Waals surface area contributed by atoms with Crippen LogP contribution in [-0.2, 0) is 0 Å². The van der Waals surface area contributed by atoms with Crippen LogP contribution in [0.5, 0.6) is 0 Å². The predicted molar refractivity (Wildman–Crippen MR) is 74.0 cm³/mol. The maximum absolute atomic E-state index is 13.4. The van der Waals surface area contributed by atoms with Gasteiger partial charge in [-0.05, 0) is 36.8 Å². The summed E-state index contributed by atoms with van der Waals surface area (Å²) in [6.07, 6.45) is 0.